The number of nitrogens with one attached hydrogen (secondary N) is 2. The Bertz CT molecular complexity index is 702. The summed E-state index contributed by atoms with van der Waals surface area (Å²) in [5.74, 6) is 0.00750. The van der Waals surface area contributed by atoms with Crippen LogP contribution in [0.25, 0.3) is 5.57 Å². The average molecular weight is 315 g/mol. The van der Waals surface area contributed by atoms with Crippen molar-refractivity contribution in [2.45, 2.75) is 6.18 Å². The number of hydrogen-bond donors (Lipinski definition) is 2. The van der Waals surface area contributed by atoms with Gasteiger partial charge in [-0.05, 0) is 23.4 Å². The van der Waals surface area contributed by atoms with Crippen molar-refractivity contribution in [2.24, 2.45) is 0 Å². The van der Waals surface area contributed by atoms with Crippen molar-refractivity contribution < 1.29 is 13.2 Å². The number of rotatable bonds is 3. The number of benzene rings is 1. The third-order valence-corrected chi connectivity index (χ3v) is 2.70. The van der Waals surface area contributed by atoms with Gasteiger partial charge in [0, 0.05) is 6.20 Å². The molecule has 108 valence electrons. The van der Waals surface area contributed by atoms with Crippen molar-refractivity contribution in [2.75, 3.05) is 5.32 Å². The fraction of sp³-hybridized carbons (Fsp3) is 0.0909. The molecular weight excluding hydrogens is 309 g/mol. The first-order valence-corrected chi connectivity index (χ1v) is 5.77. The summed E-state index contributed by atoms with van der Waals surface area (Å²) in [5.41, 5.74) is -0.874. The lowest BCUT2D eigenvalue weighted by Crippen LogP contribution is -2.05. The van der Waals surface area contributed by atoms with Gasteiger partial charge in [0.1, 0.15) is 11.6 Å². The number of aromatic nitrogens is 4. The molecular formula is C11H6ClF3N6. The van der Waals surface area contributed by atoms with Crippen LogP contribution in [0.1, 0.15) is 11.4 Å². The molecule has 0 saturated carbocycles. The molecule has 0 aliphatic heterocycles. The predicted molar refractivity (Wildman–Crippen MR) is 67.8 cm³/mol. The Labute approximate surface area is 121 Å². The monoisotopic (exact) mass is 314 g/mol. The van der Waals surface area contributed by atoms with Crippen LogP contribution in [0.5, 0.6) is 0 Å². The highest BCUT2D eigenvalue weighted by atomic mass is 35.5. The van der Waals surface area contributed by atoms with E-state index in [1.54, 1.807) is 6.07 Å². The molecule has 0 aliphatic carbocycles. The predicted octanol–water partition coefficient (Wildman–Crippen LogP) is 2.85. The Morgan fingerprint density at radius 3 is 2.76 bits per heavy atom. The van der Waals surface area contributed by atoms with Crippen LogP contribution in [-0.4, -0.2) is 20.6 Å². The summed E-state index contributed by atoms with van der Waals surface area (Å²) in [6, 6.07) is 4.60. The second kappa shape index (κ2) is 5.80. The third kappa shape index (κ3) is 3.49. The van der Waals surface area contributed by atoms with Crippen LogP contribution < -0.4 is 5.32 Å². The lowest BCUT2D eigenvalue weighted by atomic mass is 10.2. The Balaban J connectivity index is 2.29. The Morgan fingerprint density at radius 1 is 1.43 bits per heavy atom. The molecule has 21 heavy (non-hydrogen) atoms. The molecule has 1 heterocycles. The van der Waals surface area contributed by atoms with E-state index in [2.05, 4.69) is 25.9 Å². The van der Waals surface area contributed by atoms with E-state index in [9.17, 15) is 13.2 Å². The van der Waals surface area contributed by atoms with Crippen LogP contribution in [0.3, 0.4) is 0 Å². The number of H-pyrrole nitrogens is 1. The van der Waals surface area contributed by atoms with Gasteiger partial charge in [0.05, 0.1) is 16.3 Å². The number of hydrogen-bond acceptors (Lipinski definition) is 5. The van der Waals surface area contributed by atoms with Crippen molar-refractivity contribution >= 4 is 22.9 Å². The minimum absolute atomic E-state index is 0.00253. The number of anilines is 1. The number of halogens is 4. The summed E-state index contributed by atoms with van der Waals surface area (Å²) in [6.45, 7) is 0. The molecule has 0 bridgehead atoms. The fourth-order valence-electron chi connectivity index (χ4n) is 1.38. The van der Waals surface area contributed by atoms with Crippen LogP contribution in [-0.2, 0) is 6.18 Å². The minimum atomic E-state index is -4.49. The van der Waals surface area contributed by atoms with Gasteiger partial charge in [-0.15, -0.1) is 10.2 Å². The fourth-order valence-corrected chi connectivity index (χ4v) is 1.56. The third-order valence-electron chi connectivity index (χ3n) is 2.37. The summed E-state index contributed by atoms with van der Waals surface area (Å²) >= 11 is 5.81. The summed E-state index contributed by atoms with van der Waals surface area (Å²) in [4.78, 5) is 0. The average Bonchev–Trinajstić information content (AvgIpc) is 2.94. The number of aromatic amines is 1. The van der Waals surface area contributed by atoms with E-state index in [0.29, 0.717) is 0 Å². The molecule has 0 unspecified atom stereocenters. The molecule has 1 aromatic carbocycles. The van der Waals surface area contributed by atoms with Gasteiger partial charge in [0.2, 0.25) is 5.82 Å². The molecule has 1 aromatic heterocycles. The topological polar surface area (TPSA) is 90.3 Å². The lowest BCUT2D eigenvalue weighted by Gasteiger charge is -2.10. The van der Waals surface area contributed by atoms with Crippen LogP contribution >= 0.6 is 11.6 Å². The number of tetrazole rings is 1. The lowest BCUT2D eigenvalue weighted by molar-refractivity contribution is -0.137. The maximum absolute atomic E-state index is 12.6. The first-order valence-electron chi connectivity index (χ1n) is 5.39. The standard InChI is InChI=1S/C11H6ClF3N6/c12-8-2-1-7(11(13,14)15)3-9(8)17-5-6(4-16)10-18-20-21-19-10/h1-3,5,17H,(H,18,19,20,21). The van der Waals surface area contributed by atoms with Gasteiger partial charge in [0.25, 0.3) is 0 Å². The van der Waals surface area contributed by atoms with Gasteiger partial charge < -0.3 is 5.32 Å². The minimum Gasteiger partial charge on any atom is -0.359 e. The second-order valence-electron chi connectivity index (χ2n) is 3.74. The maximum Gasteiger partial charge on any atom is 0.416 e. The molecule has 10 heteroatoms. The molecule has 0 atom stereocenters. The number of allylic oxidation sites excluding steroid dienone is 1. The molecule has 0 aliphatic rings. The Hall–Kier alpha value is -2.60. The SMILES string of the molecule is N#CC(=CNc1cc(C(F)(F)F)ccc1Cl)c1nn[nH]n1. The maximum atomic E-state index is 12.6. The van der Waals surface area contributed by atoms with E-state index in [1.165, 1.54) is 0 Å². The summed E-state index contributed by atoms with van der Waals surface area (Å²) < 4.78 is 37.9. The molecule has 0 fully saturated rings. The van der Waals surface area contributed by atoms with Crippen LogP contribution in [0, 0.1) is 11.3 Å². The van der Waals surface area contributed by atoms with E-state index < -0.39 is 11.7 Å². The first kappa shape index (κ1) is 14.8. The van der Waals surface area contributed by atoms with E-state index in [4.69, 9.17) is 16.9 Å². The Morgan fingerprint density at radius 2 is 2.19 bits per heavy atom. The van der Waals surface area contributed by atoms with Gasteiger partial charge in [-0.3, -0.25) is 0 Å². The zero-order valence-corrected chi connectivity index (χ0v) is 10.9. The van der Waals surface area contributed by atoms with Gasteiger partial charge in [-0.2, -0.15) is 23.6 Å². The molecule has 0 radical (unpaired) electrons. The zero-order chi connectivity index (χ0) is 15.5. The van der Waals surface area contributed by atoms with Crippen LogP contribution in [0.2, 0.25) is 5.02 Å². The number of nitrogens with zero attached hydrogens (tertiary/aromatic N) is 4. The summed E-state index contributed by atoms with van der Waals surface area (Å²) in [5, 5.41) is 24.1. The van der Waals surface area contributed by atoms with E-state index >= 15 is 0 Å². The quantitative estimate of drug-likeness (QED) is 0.850. The van der Waals surface area contributed by atoms with Gasteiger partial charge >= 0.3 is 6.18 Å². The van der Waals surface area contributed by atoms with Gasteiger partial charge in [-0.1, -0.05) is 11.6 Å². The largest absolute Gasteiger partial charge is 0.416 e. The van der Waals surface area contributed by atoms with Crippen molar-refractivity contribution in [1.82, 2.24) is 20.6 Å². The zero-order valence-electron chi connectivity index (χ0n) is 10.1. The van der Waals surface area contributed by atoms with Gasteiger partial charge in [-0.25, -0.2) is 0 Å². The normalized spacial score (nSPS) is 12.0. The molecule has 2 aromatic rings. The van der Waals surface area contributed by atoms with Gasteiger partial charge in [0.15, 0.2) is 0 Å². The molecule has 0 spiro atoms. The van der Waals surface area contributed by atoms with Crippen molar-refractivity contribution in [3.8, 4) is 6.07 Å². The highest BCUT2D eigenvalue weighted by molar-refractivity contribution is 6.33. The molecule has 0 amide bonds. The van der Waals surface area contributed by atoms with E-state index in [1.807, 2.05) is 0 Å². The molecule has 0 saturated heterocycles. The van der Waals surface area contributed by atoms with Crippen molar-refractivity contribution in [3.63, 3.8) is 0 Å². The molecule has 2 rings (SSSR count). The highest BCUT2D eigenvalue weighted by Crippen LogP contribution is 2.33. The molecule has 2 N–H and O–H groups in total. The molecule has 6 nitrogen and oxygen atoms in total. The number of nitriles is 1. The van der Waals surface area contributed by atoms with Crippen molar-refractivity contribution in [1.29, 1.82) is 5.26 Å². The van der Waals surface area contributed by atoms with Crippen molar-refractivity contribution in [3.05, 3.63) is 40.8 Å². The number of alkyl halides is 3. The van der Waals surface area contributed by atoms with E-state index in [0.717, 1.165) is 24.4 Å². The second-order valence-corrected chi connectivity index (χ2v) is 4.15. The Kier molecular flexibility index (Phi) is 4.09. The first-order chi connectivity index (χ1) is 9.91. The highest BCUT2D eigenvalue weighted by Gasteiger charge is 2.30. The van der Waals surface area contributed by atoms with E-state index in [-0.39, 0.29) is 22.1 Å². The summed E-state index contributed by atoms with van der Waals surface area (Å²) in [6.07, 6.45) is -3.34. The van der Waals surface area contributed by atoms with Crippen LogP contribution in [0.15, 0.2) is 24.4 Å². The summed E-state index contributed by atoms with van der Waals surface area (Å²) in [7, 11) is 0. The smallest absolute Gasteiger partial charge is 0.359 e. The van der Waals surface area contributed by atoms with Crippen LogP contribution in [0.4, 0.5) is 18.9 Å².